The largest absolute Gasteiger partial charge is 0.475 e. The monoisotopic (exact) mass is 204 g/mol. The van der Waals surface area contributed by atoms with E-state index in [0.29, 0.717) is 16.7 Å². The Hall–Kier alpha value is -2.10. The van der Waals surface area contributed by atoms with Crippen molar-refractivity contribution < 1.29 is 19.1 Å². The van der Waals surface area contributed by atoms with Gasteiger partial charge in [0.15, 0.2) is 0 Å². The second-order valence-electron chi connectivity index (χ2n) is 3.21. The number of carbonyl (C=O) groups is 2. The maximum Gasteiger partial charge on any atom is 0.377 e. The standard InChI is InChI=1S/C11H8O4/c1-6-5-8-7(10(12)11(13)14)3-2-4-9(8)15-6/h2-5H,1H3,(H,13,14). The first kappa shape index (κ1) is 9.45. The molecule has 0 saturated heterocycles. The Kier molecular flexibility index (Phi) is 2.04. The highest BCUT2D eigenvalue weighted by Crippen LogP contribution is 2.22. The van der Waals surface area contributed by atoms with Crippen molar-refractivity contribution in [1.29, 1.82) is 0 Å². The van der Waals surface area contributed by atoms with Gasteiger partial charge in [-0.1, -0.05) is 6.07 Å². The number of carboxylic acid groups (broad SMARTS) is 1. The van der Waals surface area contributed by atoms with Gasteiger partial charge in [-0.25, -0.2) is 4.79 Å². The molecule has 0 spiro atoms. The van der Waals surface area contributed by atoms with Gasteiger partial charge in [-0.05, 0) is 25.1 Å². The Bertz CT molecular complexity index is 551. The summed E-state index contributed by atoms with van der Waals surface area (Å²) in [5, 5.41) is 9.17. The van der Waals surface area contributed by atoms with Crippen molar-refractivity contribution in [1.82, 2.24) is 0 Å². The number of hydrogen-bond donors (Lipinski definition) is 1. The second-order valence-corrected chi connectivity index (χ2v) is 3.21. The number of fused-ring (bicyclic) bond motifs is 1. The molecule has 15 heavy (non-hydrogen) atoms. The molecule has 0 aliphatic heterocycles. The molecule has 4 nitrogen and oxygen atoms in total. The minimum absolute atomic E-state index is 0.164. The average Bonchev–Trinajstić information content (AvgIpc) is 2.56. The van der Waals surface area contributed by atoms with Gasteiger partial charge in [-0.3, -0.25) is 4.79 Å². The highest BCUT2D eigenvalue weighted by Gasteiger charge is 2.18. The van der Waals surface area contributed by atoms with E-state index in [4.69, 9.17) is 9.52 Å². The number of carbonyl (C=O) groups excluding carboxylic acids is 1. The van der Waals surface area contributed by atoms with Crippen LogP contribution in [0, 0.1) is 6.92 Å². The first-order valence-electron chi connectivity index (χ1n) is 4.36. The minimum atomic E-state index is -1.46. The van der Waals surface area contributed by atoms with Crippen molar-refractivity contribution >= 4 is 22.7 Å². The molecule has 2 aromatic rings. The summed E-state index contributed by atoms with van der Waals surface area (Å²) < 4.78 is 5.29. The Morgan fingerprint density at radius 3 is 2.73 bits per heavy atom. The van der Waals surface area contributed by atoms with E-state index in [0.717, 1.165) is 0 Å². The first-order valence-corrected chi connectivity index (χ1v) is 4.36. The fraction of sp³-hybridized carbons (Fsp3) is 0.0909. The summed E-state index contributed by atoms with van der Waals surface area (Å²) in [7, 11) is 0. The molecular weight excluding hydrogens is 196 g/mol. The summed E-state index contributed by atoms with van der Waals surface area (Å²) in [5.41, 5.74) is 0.691. The Balaban J connectivity index is 2.70. The molecule has 1 N–H and O–H groups in total. The van der Waals surface area contributed by atoms with Crippen LogP contribution in [0.5, 0.6) is 0 Å². The molecule has 0 aliphatic rings. The fourth-order valence-corrected chi connectivity index (χ4v) is 1.50. The molecule has 1 aromatic heterocycles. The van der Waals surface area contributed by atoms with Gasteiger partial charge in [0, 0.05) is 10.9 Å². The van der Waals surface area contributed by atoms with Gasteiger partial charge < -0.3 is 9.52 Å². The molecule has 0 aliphatic carbocycles. The van der Waals surface area contributed by atoms with E-state index in [1.54, 1.807) is 25.1 Å². The Morgan fingerprint density at radius 2 is 2.07 bits per heavy atom. The van der Waals surface area contributed by atoms with Crippen molar-refractivity contribution in [3.05, 3.63) is 35.6 Å². The number of carboxylic acids is 1. The van der Waals surface area contributed by atoms with Crippen LogP contribution in [-0.4, -0.2) is 16.9 Å². The van der Waals surface area contributed by atoms with Gasteiger partial charge in [-0.2, -0.15) is 0 Å². The molecule has 0 atom stereocenters. The molecule has 76 valence electrons. The van der Waals surface area contributed by atoms with Crippen molar-refractivity contribution in [2.24, 2.45) is 0 Å². The summed E-state index contributed by atoms with van der Waals surface area (Å²) in [6, 6.07) is 6.43. The lowest BCUT2D eigenvalue weighted by Gasteiger charge is -1.96. The number of Topliss-reactive ketones (excluding diaryl/α,β-unsaturated/α-hetero) is 1. The smallest absolute Gasteiger partial charge is 0.377 e. The maximum absolute atomic E-state index is 11.3. The average molecular weight is 204 g/mol. The van der Waals surface area contributed by atoms with Crippen LogP contribution in [0.4, 0.5) is 0 Å². The van der Waals surface area contributed by atoms with Crippen LogP contribution >= 0.6 is 0 Å². The zero-order valence-electron chi connectivity index (χ0n) is 7.98. The number of rotatable bonds is 2. The van der Waals surface area contributed by atoms with Gasteiger partial charge in [0.1, 0.15) is 11.3 Å². The molecule has 4 heteroatoms. The van der Waals surface area contributed by atoms with Crippen LogP contribution in [-0.2, 0) is 4.79 Å². The van der Waals surface area contributed by atoms with Crippen LogP contribution in [0.2, 0.25) is 0 Å². The summed E-state index contributed by atoms with van der Waals surface area (Å²) in [4.78, 5) is 21.9. The minimum Gasteiger partial charge on any atom is -0.475 e. The highest BCUT2D eigenvalue weighted by atomic mass is 16.4. The summed E-state index contributed by atoms with van der Waals surface area (Å²) >= 11 is 0. The van der Waals surface area contributed by atoms with Crippen LogP contribution in [0.25, 0.3) is 11.0 Å². The molecular formula is C11H8O4. The van der Waals surface area contributed by atoms with E-state index in [-0.39, 0.29) is 5.56 Å². The lowest BCUT2D eigenvalue weighted by atomic mass is 10.1. The molecule has 0 amide bonds. The lowest BCUT2D eigenvalue weighted by Crippen LogP contribution is -2.12. The first-order chi connectivity index (χ1) is 7.09. The number of benzene rings is 1. The van der Waals surface area contributed by atoms with Crippen LogP contribution in [0.3, 0.4) is 0 Å². The van der Waals surface area contributed by atoms with Crippen LogP contribution in [0.15, 0.2) is 28.7 Å². The second kappa shape index (κ2) is 3.24. The van der Waals surface area contributed by atoms with E-state index in [1.807, 2.05) is 0 Å². The van der Waals surface area contributed by atoms with Gasteiger partial charge >= 0.3 is 5.97 Å². The van der Waals surface area contributed by atoms with Crippen molar-refractivity contribution in [3.63, 3.8) is 0 Å². The number of aryl methyl sites for hydroxylation is 1. The van der Waals surface area contributed by atoms with Crippen LogP contribution in [0.1, 0.15) is 16.1 Å². The lowest BCUT2D eigenvalue weighted by molar-refractivity contribution is -0.131. The topological polar surface area (TPSA) is 67.5 Å². The number of hydrogen-bond acceptors (Lipinski definition) is 3. The van der Waals surface area contributed by atoms with Gasteiger partial charge in [0.25, 0.3) is 5.78 Å². The predicted molar refractivity (Wildman–Crippen MR) is 52.9 cm³/mol. The molecule has 0 saturated carbocycles. The van der Waals surface area contributed by atoms with E-state index in [9.17, 15) is 9.59 Å². The third kappa shape index (κ3) is 1.50. The summed E-state index contributed by atoms with van der Waals surface area (Å²) in [5.74, 6) is -1.72. The zero-order chi connectivity index (χ0) is 11.0. The molecule has 1 heterocycles. The molecule has 0 unspecified atom stereocenters. The quantitative estimate of drug-likeness (QED) is 0.600. The third-order valence-electron chi connectivity index (χ3n) is 2.12. The predicted octanol–water partition coefficient (Wildman–Crippen LogP) is 2.01. The van der Waals surface area contributed by atoms with Crippen molar-refractivity contribution in [2.45, 2.75) is 6.92 Å². The fourth-order valence-electron chi connectivity index (χ4n) is 1.50. The third-order valence-corrected chi connectivity index (χ3v) is 2.12. The van der Waals surface area contributed by atoms with Crippen molar-refractivity contribution in [3.8, 4) is 0 Å². The van der Waals surface area contributed by atoms with Crippen molar-refractivity contribution in [2.75, 3.05) is 0 Å². The van der Waals surface area contributed by atoms with Gasteiger partial charge in [0.05, 0.1) is 0 Å². The van der Waals surface area contributed by atoms with E-state index < -0.39 is 11.8 Å². The normalized spacial score (nSPS) is 10.5. The van der Waals surface area contributed by atoms with E-state index >= 15 is 0 Å². The Labute approximate surface area is 85.1 Å². The summed E-state index contributed by atoms with van der Waals surface area (Å²) in [6.07, 6.45) is 0. The van der Waals surface area contributed by atoms with Gasteiger partial charge in [-0.15, -0.1) is 0 Å². The Morgan fingerprint density at radius 1 is 1.33 bits per heavy atom. The van der Waals surface area contributed by atoms with Gasteiger partial charge in [0.2, 0.25) is 0 Å². The highest BCUT2D eigenvalue weighted by molar-refractivity contribution is 6.42. The molecule has 2 rings (SSSR count). The molecule has 0 radical (unpaired) electrons. The number of furan rings is 1. The SMILES string of the molecule is Cc1cc2c(C(=O)C(=O)O)cccc2o1. The molecule has 0 fully saturated rings. The maximum atomic E-state index is 11.3. The number of ketones is 1. The van der Waals surface area contributed by atoms with E-state index in [1.165, 1.54) is 6.07 Å². The molecule has 1 aromatic carbocycles. The summed E-state index contributed by atoms with van der Waals surface area (Å²) in [6.45, 7) is 1.75. The van der Waals surface area contributed by atoms with Crippen LogP contribution < -0.4 is 0 Å². The van der Waals surface area contributed by atoms with E-state index in [2.05, 4.69) is 0 Å². The molecule has 0 bridgehead atoms. The zero-order valence-corrected chi connectivity index (χ0v) is 7.98. The number of aliphatic carboxylic acids is 1.